The van der Waals surface area contributed by atoms with Crippen LogP contribution < -0.4 is 9.62 Å². The van der Waals surface area contributed by atoms with Crippen LogP contribution in [0.15, 0.2) is 83.8 Å². The van der Waals surface area contributed by atoms with Gasteiger partial charge in [0.2, 0.25) is 11.8 Å². The summed E-state index contributed by atoms with van der Waals surface area (Å²) >= 11 is 6.40. The van der Waals surface area contributed by atoms with Gasteiger partial charge in [0.15, 0.2) is 0 Å². The van der Waals surface area contributed by atoms with Gasteiger partial charge in [0.05, 0.1) is 15.6 Å². The fourth-order valence-electron chi connectivity index (χ4n) is 3.90. The summed E-state index contributed by atoms with van der Waals surface area (Å²) in [5.41, 5.74) is 2.09. The fourth-order valence-corrected chi connectivity index (χ4v) is 5.62. The molecule has 37 heavy (non-hydrogen) atoms. The maximum Gasteiger partial charge on any atom is 0.264 e. The van der Waals surface area contributed by atoms with Crippen molar-refractivity contribution in [3.05, 3.63) is 95.0 Å². The number of aryl methyl sites for hydroxylation is 1. The summed E-state index contributed by atoms with van der Waals surface area (Å²) in [5.74, 6) is -0.820. The van der Waals surface area contributed by atoms with Crippen LogP contribution in [-0.4, -0.2) is 50.8 Å². The van der Waals surface area contributed by atoms with E-state index in [1.807, 2.05) is 37.3 Å². The quantitative estimate of drug-likeness (QED) is 0.389. The second-order valence-corrected chi connectivity index (χ2v) is 10.9. The van der Waals surface area contributed by atoms with Gasteiger partial charge in [0.25, 0.3) is 10.0 Å². The zero-order valence-electron chi connectivity index (χ0n) is 21.2. The molecule has 0 saturated carbocycles. The lowest BCUT2D eigenvalue weighted by Crippen LogP contribution is -2.52. The number of hydrogen-bond acceptors (Lipinski definition) is 4. The van der Waals surface area contributed by atoms with E-state index in [0.29, 0.717) is 13.0 Å². The van der Waals surface area contributed by atoms with Crippen LogP contribution in [0, 0.1) is 6.92 Å². The van der Waals surface area contributed by atoms with Gasteiger partial charge in [-0.1, -0.05) is 71.8 Å². The van der Waals surface area contributed by atoms with Gasteiger partial charge >= 0.3 is 0 Å². The molecule has 0 radical (unpaired) electrons. The van der Waals surface area contributed by atoms with Crippen LogP contribution in [0.5, 0.6) is 0 Å². The van der Waals surface area contributed by atoms with Crippen LogP contribution in [-0.2, 0) is 26.0 Å². The molecule has 0 saturated heterocycles. The summed E-state index contributed by atoms with van der Waals surface area (Å²) in [6, 6.07) is 21.7. The Labute approximate surface area is 224 Å². The van der Waals surface area contributed by atoms with Crippen LogP contribution in [0.1, 0.15) is 25.0 Å². The highest BCUT2D eigenvalue weighted by molar-refractivity contribution is 7.92. The van der Waals surface area contributed by atoms with E-state index in [2.05, 4.69) is 5.32 Å². The molecule has 0 heterocycles. The molecular weight excluding hydrogens is 510 g/mol. The number of carbonyl (C=O) groups excluding carboxylic acids is 2. The third-order valence-electron chi connectivity index (χ3n) is 6.01. The number of para-hydroxylation sites is 1. The molecule has 3 aromatic rings. The van der Waals surface area contributed by atoms with E-state index in [1.165, 1.54) is 17.0 Å². The van der Waals surface area contributed by atoms with Crippen molar-refractivity contribution in [2.24, 2.45) is 0 Å². The Kier molecular flexibility index (Phi) is 9.72. The third kappa shape index (κ3) is 7.11. The second-order valence-electron chi connectivity index (χ2n) is 8.67. The van der Waals surface area contributed by atoms with Crippen molar-refractivity contribution < 1.29 is 18.0 Å². The topological polar surface area (TPSA) is 86.8 Å². The van der Waals surface area contributed by atoms with Crippen LogP contribution in [0.25, 0.3) is 0 Å². The first-order chi connectivity index (χ1) is 17.6. The van der Waals surface area contributed by atoms with Crippen LogP contribution in [0.2, 0.25) is 5.02 Å². The number of hydrogen-bond donors (Lipinski definition) is 1. The van der Waals surface area contributed by atoms with Gasteiger partial charge in [-0.2, -0.15) is 0 Å². The predicted octanol–water partition coefficient (Wildman–Crippen LogP) is 4.44. The second kappa shape index (κ2) is 12.7. The molecule has 0 aliphatic rings. The molecule has 3 rings (SSSR count). The Balaban J connectivity index is 1.98. The molecule has 3 aromatic carbocycles. The van der Waals surface area contributed by atoms with Crippen molar-refractivity contribution in [2.45, 2.75) is 38.1 Å². The van der Waals surface area contributed by atoms with E-state index in [1.54, 1.807) is 50.2 Å². The Morgan fingerprint density at radius 3 is 2.19 bits per heavy atom. The molecule has 0 aromatic heterocycles. The maximum absolute atomic E-state index is 13.8. The fraction of sp³-hybridized carbons (Fsp3) is 0.286. The van der Waals surface area contributed by atoms with Gasteiger partial charge in [-0.05, 0) is 57.0 Å². The molecule has 2 amide bonds. The minimum Gasteiger partial charge on any atom is -0.355 e. The van der Waals surface area contributed by atoms with E-state index in [4.69, 9.17) is 11.6 Å². The van der Waals surface area contributed by atoms with Gasteiger partial charge in [-0.25, -0.2) is 8.42 Å². The molecule has 0 aliphatic heterocycles. The van der Waals surface area contributed by atoms with Crippen molar-refractivity contribution in [3.63, 3.8) is 0 Å². The molecular formula is C28H32ClN3O4S. The zero-order valence-corrected chi connectivity index (χ0v) is 22.8. The number of carbonyl (C=O) groups is 2. The minimum absolute atomic E-state index is 0.0402. The smallest absolute Gasteiger partial charge is 0.264 e. The maximum atomic E-state index is 13.8. The van der Waals surface area contributed by atoms with Gasteiger partial charge in [0.1, 0.15) is 12.6 Å². The molecule has 9 heteroatoms. The lowest BCUT2D eigenvalue weighted by atomic mass is 10.1. The van der Waals surface area contributed by atoms with Gasteiger partial charge < -0.3 is 10.2 Å². The summed E-state index contributed by atoms with van der Waals surface area (Å²) in [7, 11) is -4.14. The number of halogens is 1. The average molecular weight is 542 g/mol. The van der Waals surface area contributed by atoms with Crippen LogP contribution in [0.3, 0.4) is 0 Å². The molecule has 0 bridgehead atoms. The predicted molar refractivity (Wildman–Crippen MR) is 147 cm³/mol. The number of likely N-dealkylation sites (N-methyl/N-ethyl adjacent to an activating group) is 1. The summed E-state index contributed by atoms with van der Waals surface area (Å²) in [6.07, 6.45) is 0.507. The van der Waals surface area contributed by atoms with Crippen molar-refractivity contribution in [1.82, 2.24) is 10.2 Å². The van der Waals surface area contributed by atoms with Gasteiger partial charge in [0, 0.05) is 13.1 Å². The highest BCUT2D eigenvalue weighted by Crippen LogP contribution is 2.30. The zero-order chi connectivity index (χ0) is 27.0. The molecule has 0 aliphatic carbocycles. The summed E-state index contributed by atoms with van der Waals surface area (Å²) in [5, 5.41) is 2.94. The largest absolute Gasteiger partial charge is 0.355 e. The number of sulfonamides is 1. The van der Waals surface area contributed by atoms with E-state index >= 15 is 0 Å². The van der Waals surface area contributed by atoms with Gasteiger partial charge in [-0.15, -0.1) is 0 Å². The first kappa shape index (κ1) is 28.2. The SMILES string of the molecule is CCNC(=O)[C@H](C)N(CCc1ccccc1)C(=O)CN(c1ccccc1Cl)S(=O)(=O)c1ccc(C)cc1. The van der Waals surface area contributed by atoms with Crippen LogP contribution >= 0.6 is 11.6 Å². The monoisotopic (exact) mass is 541 g/mol. The molecule has 1 N–H and O–H groups in total. The molecule has 0 unspecified atom stereocenters. The first-order valence-corrected chi connectivity index (χ1v) is 13.9. The highest BCUT2D eigenvalue weighted by Gasteiger charge is 2.33. The van der Waals surface area contributed by atoms with Crippen LogP contribution in [0.4, 0.5) is 5.69 Å². The molecule has 0 spiro atoms. The molecule has 7 nitrogen and oxygen atoms in total. The van der Waals surface area contributed by atoms with Crippen molar-refractivity contribution in [2.75, 3.05) is 23.9 Å². The Morgan fingerprint density at radius 1 is 0.946 bits per heavy atom. The number of anilines is 1. The minimum atomic E-state index is -4.14. The first-order valence-electron chi connectivity index (χ1n) is 12.1. The standard InChI is InChI=1S/C28H32ClN3O4S/c1-4-30-28(34)22(3)31(19-18-23-10-6-5-7-11-23)27(33)20-32(26-13-9-8-12-25(26)29)37(35,36)24-16-14-21(2)15-17-24/h5-17,22H,4,18-20H2,1-3H3,(H,30,34)/t22-/m0/s1. The lowest BCUT2D eigenvalue weighted by molar-refractivity contribution is -0.138. The number of nitrogens with zero attached hydrogens (tertiary/aromatic N) is 2. The number of benzene rings is 3. The van der Waals surface area contributed by atoms with E-state index < -0.39 is 28.5 Å². The van der Waals surface area contributed by atoms with E-state index in [9.17, 15) is 18.0 Å². The third-order valence-corrected chi connectivity index (χ3v) is 8.11. The van der Waals surface area contributed by atoms with E-state index in [0.717, 1.165) is 15.4 Å². The summed E-state index contributed by atoms with van der Waals surface area (Å²) in [4.78, 5) is 27.9. The molecule has 1 atom stereocenters. The molecule has 0 fully saturated rings. The average Bonchev–Trinajstić information content (AvgIpc) is 2.88. The normalized spacial score (nSPS) is 12.0. The Morgan fingerprint density at radius 2 is 1.57 bits per heavy atom. The number of rotatable bonds is 11. The van der Waals surface area contributed by atoms with Crippen molar-refractivity contribution in [3.8, 4) is 0 Å². The highest BCUT2D eigenvalue weighted by atomic mass is 35.5. The summed E-state index contributed by atoms with van der Waals surface area (Å²) in [6.45, 7) is 5.44. The molecule has 196 valence electrons. The summed E-state index contributed by atoms with van der Waals surface area (Å²) < 4.78 is 28.5. The Bertz CT molecular complexity index is 1310. The number of amides is 2. The van der Waals surface area contributed by atoms with Crippen molar-refractivity contribution in [1.29, 1.82) is 0 Å². The number of nitrogens with one attached hydrogen (secondary N) is 1. The van der Waals surface area contributed by atoms with E-state index in [-0.39, 0.29) is 28.1 Å². The Hall–Kier alpha value is -3.36. The van der Waals surface area contributed by atoms with Gasteiger partial charge in [-0.3, -0.25) is 13.9 Å². The lowest BCUT2D eigenvalue weighted by Gasteiger charge is -2.32. The van der Waals surface area contributed by atoms with Crippen molar-refractivity contribution >= 4 is 39.1 Å².